The number of halogens is 1. The van der Waals surface area contributed by atoms with Gasteiger partial charge >= 0.3 is 0 Å². The zero-order chi connectivity index (χ0) is 21.8. The molecule has 3 fully saturated rings. The van der Waals surface area contributed by atoms with Crippen LogP contribution in [0.15, 0.2) is 18.3 Å². The van der Waals surface area contributed by atoms with Crippen LogP contribution >= 0.6 is 11.6 Å². The van der Waals surface area contributed by atoms with Crippen molar-refractivity contribution < 1.29 is 0 Å². The van der Waals surface area contributed by atoms with Crippen molar-refractivity contribution in [2.75, 3.05) is 28.6 Å². The Labute approximate surface area is 188 Å². The molecule has 1 saturated carbocycles. The molecule has 160 valence electrons. The zero-order valence-electron chi connectivity index (χ0n) is 17.0. The van der Waals surface area contributed by atoms with E-state index in [4.69, 9.17) is 11.6 Å². The van der Waals surface area contributed by atoms with Gasteiger partial charge in [0.25, 0.3) is 0 Å². The van der Waals surface area contributed by atoms with Crippen LogP contribution in [-0.2, 0) is 0 Å². The molecule has 3 aliphatic rings. The SMILES string of the molecule is N#Cc1cc(Nc2nc(NC3CC3)n3ncc(C#N)c3n2)c(Cl)c(N2C[C@H]3C[C@@H]2CN3)c1. The highest BCUT2D eigenvalue weighted by Gasteiger charge is 2.38. The number of hydrogen-bond donors (Lipinski definition) is 3. The molecule has 0 amide bonds. The number of rotatable bonds is 5. The Hall–Kier alpha value is -3.60. The van der Waals surface area contributed by atoms with Crippen LogP contribution in [0.3, 0.4) is 0 Å². The number of nitrogens with one attached hydrogen (secondary N) is 3. The first-order valence-electron chi connectivity index (χ1n) is 10.6. The summed E-state index contributed by atoms with van der Waals surface area (Å²) in [6.45, 7) is 1.77. The molecule has 0 unspecified atom stereocenters. The summed E-state index contributed by atoms with van der Waals surface area (Å²) >= 11 is 6.82. The molecule has 1 aromatic carbocycles. The van der Waals surface area contributed by atoms with E-state index in [-0.39, 0.29) is 5.95 Å². The van der Waals surface area contributed by atoms with Crippen molar-refractivity contribution in [2.24, 2.45) is 0 Å². The molecule has 11 heteroatoms. The fourth-order valence-electron chi connectivity index (χ4n) is 4.47. The summed E-state index contributed by atoms with van der Waals surface area (Å²) in [5.41, 5.74) is 2.65. The van der Waals surface area contributed by atoms with E-state index in [2.05, 4.69) is 48.1 Å². The maximum Gasteiger partial charge on any atom is 0.232 e. The second-order valence-corrected chi connectivity index (χ2v) is 8.81. The van der Waals surface area contributed by atoms with Gasteiger partial charge in [0.2, 0.25) is 11.9 Å². The third kappa shape index (κ3) is 3.16. The quantitative estimate of drug-likeness (QED) is 0.540. The Morgan fingerprint density at radius 1 is 1.19 bits per heavy atom. The third-order valence-corrected chi connectivity index (χ3v) is 6.59. The van der Waals surface area contributed by atoms with Gasteiger partial charge in [0.05, 0.1) is 34.2 Å². The molecule has 4 heterocycles. The number of nitrogens with zero attached hydrogens (tertiary/aromatic N) is 7. The standard InChI is InChI=1S/C21H19ClN10/c22-18-16(3-11(6-23)4-17(18)31-10-14-5-15(31)9-25-14)28-20-29-19-12(7-24)8-26-32(19)21(30-20)27-13-1-2-13/h3-4,8,13-15,25H,1-2,5,9-10H2,(H2,27,28,29,30)/t14-,15-/m1/s1. The minimum atomic E-state index is 0.283. The van der Waals surface area contributed by atoms with E-state index in [1.165, 1.54) is 10.7 Å². The maximum absolute atomic E-state index is 9.61. The van der Waals surface area contributed by atoms with Crippen LogP contribution in [0.4, 0.5) is 23.3 Å². The predicted octanol–water partition coefficient (Wildman–Crippen LogP) is 2.39. The average molecular weight is 447 g/mol. The van der Waals surface area contributed by atoms with Gasteiger partial charge in [-0.3, -0.25) is 0 Å². The van der Waals surface area contributed by atoms with Crippen LogP contribution in [0.5, 0.6) is 0 Å². The predicted molar refractivity (Wildman–Crippen MR) is 119 cm³/mol. The lowest BCUT2D eigenvalue weighted by molar-refractivity contribution is 0.580. The molecule has 2 aliphatic heterocycles. The molecule has 10 nitrogen and oxygen atoms in total. The zero-order valence-corrected chi connectivity index (χ0v) is 17.8. The number of nitriles is 2. The molecule has 1 aliphatic carbocycles. The Morgan fingerprint density at radius 2 is 2.06 bits per heavy atom. The number of hydrogen-bond acceptors (Lipinski definition) is 9. The van der Waals surface area contributed by atoms with E-state index in [1.807, 2.05) is 6.07 Å². The summed E-state index contributed by atoms with van der Waals surface area (Å²) in [4.78, 5) is 11.3. The first-order valence-corrected chi connectivity index (χ1v) is 10.9. The van der Waals surface area contributed by atoms with Crippen LogP contribution in [0.1, 0.15) is 30.4 Å². The monoisotopic (exact) mass is 446 g/mol. The molecule has 0 radical (unpaired) electrons. The molecular formula is C21H19ClN10. The summed E-state index contributed by atoms with van der Waals surface area (Å²) < 4.78 is 1.54. The van der Waals surface area contributed by atoms with Gasteiger partial charge in [0, 0.05) is 31.2 Å². The van der Waals surface area contributed by atoms with E-state index in [1.54, 1.807) is 6.07 Å². The fourth-order valence-corrected chi connectivity index (χ4v) is 4.73. The molecule has 6 rings (SSSR count). The Bertz CT molecular complexity index is 1310. The van der Waals surface area contributed by atoms with Crippen LogP contribution < -0.4 is 20.9 Å². The average Bonchev–Trinajstić information content (AvgIpc) is 3.19. The van der Waals surface area contributed by atoms with Crippen molar-refractivity contribution in [1.29, 1.82) is 10.5 Å². The minimum Gasteiger partial charge on any atom is -0.364 e. The van der Waals surface area contributed by atoms with Gasteiger partial charge in [-0.2, -0.15) is 30.1 Å². The number of piperazine rings is 1. The second kappa shape index (κ2) is 7.23. The summed E-state index contributed by atoms with van der Waals surface area (Å²) in [5, 5.41) is 33.8. The van der Waals surface area contributed by atoms with E-state index < -0.39 is 0 Å². The molecule has 3 aromatic rings. The number of fused-ring (bicyclic) bond motifs is 3. The van der Waals surface area contributed by atoms with Gasteiger partial charge in [0.1, 0.15) is 11.6 Å². The normalized spacial score (nSPS) is 21.5. The largest absolute Gasteiger partial charge is 0.364 e. The number of aromatic nitrogens is 4. The molecule has 2 bridgehead atoms. The minimum absolute atomic E-state index is 0.283. The highest BCUT2D eigenvalue weighted by Crippen LogP contribution is 2.40. The number of anilines is 4. The van der Waals surface area contributed by atoms with E-state index in [0.717, 1.165) is 38.0 Å². The molecule has 32 heavy (non-hydrogen) atoms. The lowest BCUT2D eigenvalue weighted by Gasteiger charge is -2.31. The Kier molecular flexibility index (Phi) is 4.32. The van der Waals surface area contributed by atoms with Gasteiger partial charge < -0.3 is 20.9 Å². The Morgan fingerprint density at radius 3 is 2.75 bits per heavy atom. The van der Waals surface area contributed by atoms with Gasteiger partial charge in [-0.15, -0.1) is 0 Å². The van der Waals surface area contributed by atoms with Crippen molar-refractivity contribution >= 4 is 40.5 Å². The van der Waals surface area contributed by atoms with E-state index in [9.17, 15) is 10.5 Å². The van der Waals surface area contributed by atoms with Crippen molar-refractivity contribution in [3.63, 3.8) is 0 Å². The van der Waals surface area contributed by atoms with Crippen LogP contribution in [-0.4, -0.2) is 50.8 Å². The maximum atomic E-state index is 9.61. The van der Waals surface area contributed by atoms with Crippen molar-refractivity contribution in [1.82, 2.24) is 24.9 Å². The Balaban J connectivity index is 1.41. The first kappa shape index (κ1) is 19.1. The highest BCUT2D eigenvalue weighted by atomic mass is 35.5. The van der Waals surface area contributed by atoms with Crippen LogP contribution in [0.2, 0.25) is 5.02 Å². The second-order valence-electron chi connectivity index (χ2n) is 8.44. The van der Waals surface area contributed by atoms with Crippen molar-refractivity contribution in [3.8, 4) is 12.1 Å². The summed E-state index contributed by atoms with van der Waals surface area (Å²) in [6.07, 6.45) is 4.67. The van der Waals surface area contributed by atoms with Gasteiger partial charge in [-0.1, -0.05) is 11.6 Å². The summed E-state index contributed by atoms with van der Waals surface area (Å²) in [5.74, 6) is 0.794. The highest BCUT2D eigenvalue weighted by molar-refractivity contribution is 6.36. The molecular weight excluding hydrogens is 428 g/mol. The summed E-state index contributed by atoms with van der Waals surface area (Å²) in [7, 11) is 0. The van der Waals surface area contributed by atoms with Gasteiger partial charge in [-0.05, 0) is 31.4 Å². The van der Waals surface area contributed by atoms with Gasteiger partial charge in [0.15, 0.2) is 5.65 Å². The van der Waals surface area contributed by atoms with Crippen LogP contribution in [0, 0.1) is 22.7 Å². The van der Waals surface area contributed by atoms with Crippen molar-refractivity contribution in [2.45, 2.75) is 37.4 Å². The fraction of sp³-hybridized carbons (Fsp3) is 0.381. The van der Waals surface area contributed by atoms with E-state index in [0.29, 0.717) is 51.6 Å². The van der Waals surface area contributed by atoms with Crippen molar-refractivity contribution in [3.05, 3.63) is 34.5 Å². The third-order valence-electron chi connectivity index (χ3n) is 6.19. The molecule has 2 saturated heterocycles. The number of benzene rings is 1. The summed E-state index contributed by atoms with van der Waals surface area (Å²) in [6, 6.07) is 9.03. The molecule has 2 atom stereocenters. The lowest BCUT2D eigenvalue weighted by Crippen LogP contribution is -2.43. The topological polar surface area (TPSA) is 130 Å². The molecule has 0 spiro atoms. The lowest BCUT2D eigenvalue weighted by atomic mass is 10.1. The first-order chi connectivity index (χ1) is 15.6. The van der Waals surface area contributed by atoms with E-state index >= 15 is 0 Å². The van der Waals surface area contributed by atoms with Gasteiger partial charge in [-0.25, -0.2) is 0 Å². The smallest absolute Gasteiger partial charge is 0.232 e. The molecule has 3 N–H and O–H groups in total. The van der Waals surface area contributed by atoms with Crippen LogP contribution in [0.25, 0.3) is 5.65 Å². The molecule has 2 aromatic heterocycles.